The van der Waals surface area contributed by atoms with Crippen molar-refractivity contribution in [3.05, 3.63) is 52.7 Å². The maximum atomic E-state index is 5.04. The van der Waals surface area contributed by atoms with E-state index in [0.29, 0.717) is 4.80 Å². The summed E-state index contributed by atoms with van der Waals surface area (Å²) in [6, 6.07) is 10.2. The van der Waals surface area contributed by atoms with E-state index in [9.17, 15) is 0 Å². The number of benzene rings is 1. The quantitative estimate of drug-likeness (QED) is 0.803. The minimum Gasteiger partial charge on any atom is -0.439 e. The molecule has 0 unspecified atom stereocenters. The normalized spacial score (nSPS) is 10.2. The summed E-state index contributed by atoms with van der Waals surface area (Å²) in [7, 11) is 0. The van der Waals surface area contributed by atoms with Gasteiger partial charge in [-0.2, -0.15) is 0 Å². The summed E-state index contributed by atoms with van der Waals surface area (Å²) in [5.41, 5.74) is 2.18. The molecule has 2 aromatic rings. The van der Waals surface area contributed by atoms with Crippen LogP contribution in [0, 0.1) is 0 Å². The van der Waals surface area contributed by atoms with Gasteiger partial charge in [-0.15, -0.1) is 0 Å². The first-order valence-corrected chi connectivity index (χ1v) is 4.78. The third-order valence-electron chi connectivity index (χ3n) is 1.75. The van der Waals surface area contributed by atoms with Crippen LogP contribution in [0.5, 0.6) is 0 Å². The van der Waals surface area contributed by atoms with Gasteiger partial charge in [0.15, 0.2) is 0 Å². The molecule has 2 nitrogen and oxygen atoms in total. The van der Waals surface area contributed by atoms with Crippen molar-refractivity contribution in [2.45, 2.75) is 6.42 Å². The van der Waals surface area contributed by atoms with E-state index in [1.807, 2.05) is 18.2 Å². The SMILES string of the molecule is Brc1nc(Cc2ccccc2)co1. The van der Waals surface area contributed by atoms with Gasteiger partial charge in [0.2, 0.25) is 0 Å². The Kier molecular flexibility index (Phi) is 2.45. The van der Waals surface area contributed by atoms with Crippen LogP contribution in [-0.2, 0) is 6.42 Å². The van der Waals surface area contributed by atoms with Crippen LogP contribution in [0.1, 0.15) is 11.3 Å². The lowest BCUT2D eigenvalue weighted by atomic mass is 10.1. The number of hydrogen-bond donors (Lipinski definition) is 0. The lowest BCUT2D eigenvalue weighted by Gasteiger charge is -1.94. The Morgan fingerprint density at radius 1 is 1.23 bits per heavy atom. The largest absolute Gasteiger partial charge is 0.439 e. The Balaban J connectivity index is 2.15. The van der Waals surface area contributed by atoms with Crippen LogP contribution in [0.2, 0.25) is 0 Å². The average molecular weight is 238 g/mol. The fourth-order valence-electron chi connectivity index (χ4n) is 1.17. The number of halogens is 1. The summed E-state index contributed by atoms with van der Waals surface area (Å²) in [6.45, 7) is 0. The molecule has 0 saturated carbocycles. The maximum absolute atomic E-state index is 5.04. The predicted octanol–water partition coefficient (Wildman–Crippen LogP) is 3.03. The Morgan fingerprint density at radius 2 is 2.00 bits per heavy atom. The minimum absolute atomic E-state index is 0.540. The third-order valence-corrected chi connectivity index (χ3v) is 2.12. The lowest BCUT2D eigenvalue weighted by molar-refractivity contribution is 0.528. The van der Waals surface area contributed by atoms with Crippen molar-refractivity contribution in [3.8, 4) is 0 Å². The van der Waals surface area contributed by atoms with E-state index in [1.54, 1.807) is 6.26 Å². The molecule has 2 rings (SSSR count). The molecule has 0 aliphatic carbocycles. The molecular weight excluding hydrogens is 230 g/mol. The molecule has 0 atom stereocenters. The van der Waals surface area contributed by atoms with Crippen LogP contribution in [0.4, 0.5) is 0 Å². The van der Waals surface area contributed by atoms with Gasteiger partial charge in [0.1, 0.15) is 6.26 Å². The van der Waals surface area contributed by atoms with Gasteiger partial charge in [-0.1, -0.05) is 30.3 Å². The topological polar surface area (TPSA) is 26.0 Å². The van der Waals surface area contributed by atoms with Crippen molar-refractivity contribution in [2.24, 2.45) is 0 Å². The van der Waals surface area contributed by atoms with Crippen molar-refractivity contribution < 1.29 is 4.42 Å². The molecule has 0 spiro atoms. The number of hydrogen-bond acceptors (Lipinski definition) is 2. The second kappa shape index (κ2) is 3.75. The van der Waals surface area contributed by atoms with Crippen LogP contribution < -0.4 is 0 Å². The molecule has 1 aromatic heterocycles. The fourth-order valence-corrected chi connectivity index (χ4v) is 1.49. The third kappa shape index (κ3) is 2.18. The predicted molar refractivity (Wildman–Crippen MR) is 53.5 cm³/mol. The molecule has 0 N–H and O–H groups in total. The highest BCUT2D eigenvalue weighted by Crippen LogP contribution is 2.12. The Hall–Kier alpha value is -1.09. The van der Waals surface area contributed by atoms with Crippen LogP contribution in [0.3, 0.4) is 0 Å². The van der Waals surface area contributed by atoms with E-state index in [0.717, 1.165) is 12.1 Å². The monoisotopic (exact) mass is 237 g/mol. The lowest BCUT2D eigenvalue weighted by Crippen LogP contribution is -1.86. The van der Waals surface area contributed by atoms with Crippen molar-refractivity contribution in [1.82, 2.24) is 4.98 Å². The Morgan fingerprint density at radius 3 is 2.62 bits per heavy atom. The van der Waals surface area contributed by atoms with Gasteiger partial charge < -0.3 is 4.42 Å². The maximum Gasteiger partial charge on any atom is 0.264 e. The summed E-state index contributed by atoms with van der Waals surface area (Å²) in [6.07, 6.45) is 2.48. The van der Waals surface area contributed by atoms with E-state index < -0.39 is 0 Å². The summed E-state index contributed by atoms with van der Waals surface area (Å²) in [4.78, 5) is 4.70. The van der Waals surface area contributed by atoms with E-state index in [1.165, 1.54) is 5.56 Å². The second-order valence-corrected chi connectivity index (χ2v) is 3.43. The van der Waals surface area contributed by atoms with Gasteiger partial charge >= 0.3 is 0 Å². The van der Waals surface area contributed by atoms with Crippen LogP contribution in [-0.4, -0.2) is 4.98 Å². The molecular formula is C10H8BrNO. The Bertz CT molecular complexity index is 383. The van der Waals surface area contributed by atoms with Crippen molar-refractivity contribution in [1.29, 1.82) is 0 Å². The molecule has 13 heavy (non-hydrogen) atoms. The highest BCUT2D eigenvalue weighted by atomic mass is 79.9. The van der Waals surface area contributed by atoms with Gasteiger partial charge in [0.25, 0.3) is 4.80 Å². The van der Waals surface area contributed by atoms with Crippen molar-refractivity contribution >= 4 is 15.9 Å². The summed E-state index contributed by atoms with van der Waals surface area (Å²) in [5.74, 6) is 0. The van der Waals surface area contributed by atoms with E-state index in [4.69, 9.17) is 4.42 Å². The van der Waals surface area contributed by atoms with Crippen LogP contribution >= 0.6 is 15.9 Å². The zero-order valence-corrected chi connectivity index (χ0v) is 8.49. The summed E-state index contributed by atoms with van der Waals surface area (Å²) >= 11 is 3.17. The van der Waals surface area contributed by atoms with Gasteiger partial charge in [0, 0.05) is 22.4 Å². The standard InChI is InChI=1S/C10H8BrNO/c11-10-12-9(7-13-10)6-8-4-2-1-3-5-8/h1-5,7H,6H2. The highest BCUT2D eigenvalue weighted by molar-refractivity contribution is 9.10. The van der Waals surface area contributed by atoms with E-state index in [2.05, 4.69) is 33.0 Å². The molecule has 0 aliphatic rings. The van der Waals surface area contributed by atoms with Crippen LogP contribution in [0.25, 0.3) is 0 Å². The van der Waals surface area contributed by atoms with Gasteiger partial charge in [-0.25, -0.2) is 4.98 Å². The first-order chi connectivity index (χ1) is 6.34. The van der Waals surface area contributed by atoms with Crippen molar-refractivity contribution in [2.75, 3.05) is 0 Å². The fraction of sp³-hybridized carbons (Fsp3) is 0.100. The van der Waals surface area contributed by atoms with Gasteiger partial charge in [-0.05, 0) is 5.56 Å². The van der Waals surface area contributed by atoms with Gasteiger partial charge in [-0.3, -0.25) is 0 Å². The minimum atomic E-state index is 0.540. The first-order valence-electron chi connectivity index (χ1n) is 3.98. The molecule has 0 radical (unpaired) electrons. The molecule has 0 bridgehead atoms. The van der Waals surface area contributed by atoms with E-state index in [-0.39, 0.29) is 0 Å². The molecule has 0 aliphatic heterocycles. The van der Waals surface area contributed by atoms with Crippen molar-refractivity contribution in [3.63, 3.8) is 0 Å². The number of nitrogens with zero attached hydrogens (tertiary/aromatic N) is 1. The zero-order chi connectivity index (χ0) is 9.10. The summed E-state index contributed by atoms with van der Waals surface area (Å²) in [5, 5.41) is 0. The smallest absolute Gasteiger partial charge is 0.264 e. The Labute approximate surface area is 84.7 Å². The highest BCUT2D eigenvalue weighted by Gasteiger charge is 2.00. The molecule has 3 heteroatoms. The van der Waals surface area contributed by atoms with Crippen LogP contribution in [0.15, 0.2) is 45.8 Å². The average Bonchev–Trinajstić information content (AvgIpc) is 2.53. The number of oxazole rings is 1. The molecule has 66 valence electrons. The molecule has 1 aromatic carbocycles. The number of aromatic nitrogens is 1. The van der Waals surface area contributed by atoms with Gasteiger partial charge in [0.05, 0.1) is 5.69 Å². The number of rotatable bonds is 2. The molecule has 0 amide bonds. The molecule has 0 saturated heterocycles. The second-order valence-electron chi connectivity index (χ2n) is 2.75. The first kappa shape index (κ1) is 8.51. The summed E-state index contributed by atoms with van der Waals surface area (Å²) < 4.78 is 5.04. The van der Waals surface area contributed by atoms with E-state index >= 15 is 0 Å². The molecule has 0 fully saturated rings. The molecule has 1 heterocycles. The zero-order valence-electron chi connectivity index (χ0n) is 6.90.